The molecular formula is C12H13N3O. The third-order valence-corrected chi connectivity index (χ3v) is 3.19. The monoisotopic (exact) mass is 215 g/mol. The van der Waals surface area contributed by atoms with Crippen LogP contribution in [0.2, 0.25) is 0 Å². The lowest BCUT2D eigenvalue weighted by molar-refractivity contribution is 0.490. The molecule has 16 heavy (non-hydrogen) atoms. The van der Waals surface area contributed by atoms with Crippen molar-refractivity contribution < 1.29 is 0 Å². The summed E-state index contributed by atoms with van der Waals surface area (Å²) in [7, 11) is 0. The van der Waals surface area contributed by atoms with Gasteiger partial charge >= 0.3 is 0 Å². The minimum Gasteiger partial charge on any atom is -0.334 e. The molecule has 0 aromatic carbocycles. The van der Waals surface area contributed by atoms with Crippen LogP contribution in [0.25, 0.3) is 0 Å². The molecule has 0 amide bonds. The molecular weight excluding hydrogens is 202 g/mol. The molecule has 4 heteroatoms. The van der Waals surface area contributed by atoms with Crippen molar-refractivity contribution in [2.45, 2.75) is 25.3 Å². The van der Waals surface area contributed by atoms with Crippen molar-refractivity contribution >= 4 is 0 Å². The minimum absolute atomic E-state index is 0.0332. The molecule has 0 bridgehead atoms. The Morgan fingerprint density at radius 3 is 3.31 bits per heavy atom. The molecule has 0 spiro atoms. The van der Waals surface area contributed by atoms with Gasteiger partial charge in [-0.3, -0.25) is 4.79 Å². The van der Waals surface area contributed by atoms with E-state index in [0.29, 0.717) is 5.92 Å². The van der Waals surface area contributed by atoms with Crippen molar-refractivity contribution in [1.29, 1.82) is 0 Å². The summed E-state index contributed by atoms with van der Waals surface area (Å²) in [4.78, 5) is 18.1. The second-order valence-corrected chi connectivity index (χ2v) is 4.19. The number of hydrogen-bond donors (Lipinski definition) is 1. The average Bonchev–Trinajstić information content (AvgIpc) is 2.76. The average molecular weight is 215 g/mol. The third kappa shape index (κ3) is 1.46. The zero-order valence-electron chi connectivity index (χ0n) is 8.89. The second-order valence-electron chi connectivity index (χ2n) is 4.19. The summed E-state index contributed by atoms with van der Waals surface area (Å²) in [5.41, 5.74) is 2.27. The molecule has 1 aliphatic heterocycles. The number of nitrogens with one attached hydrogen (secondary N) is 1. The van der Waals surface area contributed by atoms with Gasteiger partial charge in [0.25, 0.3) is 0 Å². The molecule has 1 atom stereocenters. The molecule has 3 heterocycles. The van der Waals surface area contributed by atoms with E-state index in [1.165, 1.54) is 5.69 Å². The van der Waals surface area contributed by atoms with Gasteiger partial charge in [0.2, 0.25) is 5.56 Å². The number of hydrogen-bond acceptors (Lipinski definition) is 2. The fraction of sp³-hybridized carbons (Fsp3) is 0.333. The number of H-pyrrole nitrogens is 1. The molecule has 0 saturated heterocycles. The molecule has 3 rings (SSSR count). The lowest BCUT2D eigenvalue weighted by Crippen LogP contribution is -2.17. The summed E-state index contributed by atoms with van der Waals surface area (Å²) in [6.07, 6.45) is 7.72. The second kappa shape index (κ2) is 3.63. The highest BCUT2D eigenvalue weighted by molar-refractivity contribution is 5.27. The number of aromatic nitrogens is 3. The fourth-order valence-corrected chi connectivity index (χ4v) is 2.44. The molecule has 2 aromatic heterocycles. The van der Waals surface area contributed by atoms with E-state index >= 15 is 0 Å². The quantitative estimate of drug-likeness (QED) is 0.783. The molecule has 1 aliphatic rings. The Morgan fingerprint density at radius 1 is 1.50 bits per heavy atom. The van der Waals surface area contributed by atoms with Crippen LogP contribution in [0.3, 0.4) is 0 Å². The van der Waals surface area contributed by atoms with Crippen molar-refractivity contribution in [2.24, 2.45) is 0 Å². The molecule has 0 aliphatic carbocycles. The Kier molecular flexibility index (Phi) is 2.13. The van der Waals surface area contributed by atoms with Crippen LogP contribution in [-0.4, -0.2) is 14.5 Å². The highest BCUT2D eigenvalue weighted by Crippen LogP contribution is 2.31. The van der Waals surface area contributed by atoms with Crippen LogP contribution in [0.5, 0.6) is 0 Å². The summed E-state index contributed by atoms with van der Waals surface area (Å²) in [5, 5.41) is 0. The zero-order chi connectivity index (χ0) is 11.0. The number of nitrogens with zero attached hydrogens (tertiary/aromatic N) is 2. The molecule has 1 unspecified atom stereocenters. The van der Waals surface area contributed by atoms with Crippen LogP contribution in [0.1, 0.15) is 30.0 Å². The fourth-order valence-electron chi connectivity index (χ4n) is 2.44. The number of rotatable bonds is 1. The molecule has 4 nitrogen and oxygen atoms in total. The van der Waals surface area contributed by atoms with Crippen LogP contribution in [0, 0.1) is 0 Å². The standard InChI is InChI=1S/C12H13N3O/c16-12-6-9(3-4-14-12)10-2-1-5-15-8-13-7-11(10)15/h3-4,6-8,10H,1-2,5H2,(H,14,16). The molecule has 1 N–H and O–H groups in total. The van der Waals surface area contributed by atoms with Gasteiger partial charge in [-0.1, -0.05) is 0 Å². The number of aryl methyl sites for hydroxylation is 1. The number of imidazole rings is 1. The van der Waals surface area contributed by atoms with E-state index in [0.717, 1.165) is 24.9 Å². The predicted octanol–water partition coefficient (Wildman–Crippen LogP) is 1.50. The van der Waals surface area contributed by atoms with Gasteiger partial charge in [0.1, 0.15) is 0 Å². The Morgan fingerprint density at radius 2 is 2.44 bits per heavy atom. The van der Waals surface area contributed by atoms with Crippen molar-refractivity contribution in [2.75, 3.05) is 0 Å². The Balaban J connectivity index is 2.07. The van der Waals surface area contributed by atoms with Crippen LogP contribution >= 0.6 is 0 Å². The molecule has 0 radical (unpaired) electrons. The van der Waals surface area contributed by atoms with Crippen molar-refractivity contribution in [3.8, 4) is 0 Å². The summed E-state index contributed by atoms with van der Waals surface area (Å²) in [6, 6.07) is 3.67. The molecule has 0 fully saturated rings. The first-order valence-corrected chi connectivity index (χ1v) is 5.53. The maximum Gasteiger partial charge on any atom is 0.248 e. The van der Waals surface area contributed by atoms with E-state index in [4.69, 9.17) is 0 Å². The summed E-state index contributed by atoms with van der Waals surface area (Å²) in [6.45, 7) is 1.04. The van der Waals surface area contributed by atoms with Gasteiger partial charge in [0.15, 0.2) is 0 Å². The van der Waals surface area contributed by atoms with Crippen LogP contribution in [0.15, 0.2) is 35.6 Å². The largest absolute Gasteiger partial charge is 0.334 e. The third-order valence-electron chi connectivity index (χ3n) is 3.19. The summed E-state index contributed by atoms with van der Waals surface area (Å²) >= 11 is 0. The zero-order valence-corrected chi connectivity index (χ0v) is 8.89. The van der Waals surface area contributed by atoms with Crippen LogP contribution in [0.4, 0.5) is 0 Å². The Hall–Kier alpha value is -1.84. The number of aromatic amines is 1. The van der Waals surface area contributed by atoms with E-state index in [2.05, 4.69) is 14.5 Å². The number of pyridine rings is 1. The van der Waals surface area contributed by atoms with Crippen molar-refractivity contribution in [3.63, 3.8) is 0 Å². The molecule has 82 valence electrons. The van der Waals surface area contributed by atoms with E-state index in [9.17, 15) is 4.79 Å². The molecule has 2 aromatic rings. The van der Waals surface area contributed by atoms with E-state index < -0.39 is 0 Å². The van der Waals surface area contributed by atoms with Gasteiger partial charge in [-0.2, -0.15) is 0 Å². The lowest BCUT2D eigenvalue weighted by Gasteiger charge is -2.24. The van der Waals surface area contributed by atoms with E-state index in [1.807, 2.05) is 18.6 Å². The van der Waals surface area contributed by atoms with Gasteiger partial charge in [0.05, 0.1) is 6.33 Å². The maximum absolute atomic E-state index is 11.3. The van der Waals surface area contributed by atoms with Crippen LogP contribution < -0.4 is 5.56 Å². The summed E-state index contributed by atoms with van der Waals surface area (Å²) in [5.74, 6) is 0.318. The normalized spacial score (nSPS) is 19.4. The molecule has 0 saturated carbocycles. The van der Waals surface area contributed by atoms with Gasteiger partial charge in [-0.25, -0.2) is 4.98 Å². The first kappa shape index (κ1) is 9.39. The van der Waals surface area contributed by atoms with Gasteiger partial charge < -0.3 is 9.55 Å². The topological polar surface area (TPSA) is 50.7 Å². The van der Waals surface area contributed by atoms with Gasteiger partial charge in [0, 0.05) is 36.6 Å². The Labute approximate surface area is 93.0 Å². The highest BCUT2D eigenvalue weighted by Gasteiger charge is 2.22. The first-order valence-electron chi connectivity index (χ1n) is 5.53. The van der Waals surface area contributed by atoms with E-state index in [-0.39, 0.29) is 5.56 Å². The lowest BCUT2D eigenvalue weighted by atomic mass is 9.90. The summed E-state index contributed by atoms with van der Waals surface area (Å²) < 4.78 is 2.18. The smallest absolute Gasteiger partial charge is 0.248 e. The van der Waals surface area contributed by atoms with Crippen LogP contribution in [-0.2, 0) is 6.54 Å². The van der Waals surface area contributed by atoms with Crippen molar-refractivity contribution in [1.82, 2.24) is 14.5 Å². The highest BCUT2D eigenvalue weighted by atomic mass is 16.1. The van der Waals surface area contributed by atoms with Gasteiger partial charge in [-0.15, -0.1) is 0 Å². The first-order chi connectivity index (χ1) is 7.84. The van der Waals surface area contributed by atoms with E-state index in [1.54, 1.807) is 12.3 Å². The van der Waals surface area contributed by atoms with Gasteiger partial charge in [-0.05, 0) is 24.5 Å². The Bertz CT molecular complexity index is 555. The maximum atomic E-state index is 11.3. The SMILES string of the molecule is O=c1cc(C2CCCn3cncc32)cc[nH]1. The predicted molar refractivity (Wildman–Crippen MR) is 60.4 cm³/mol. The number of fused-ring (bicyclic) bond motifs is 1. The minimum atomic E-state index is -0.0332. The van der Waals surface area contributed by atoms with Crippen molar-refractivity contribution in [3.05, 3.63) is 52.5 Å².